The van der Waals surface area contributed by atoms with E-state index < -0.39 is 9.84 Å². The van der Waals surface area contributed by atoms with Crippen molar-refractivity contribution in [2.45, 2.75) is 25.1 Å². The predicted octanol–water partition coefficient (Wildman–Crippen LogP) is 3.16. The zero-order valence-corrected chi connectivity index (χ0v) is 18.3. The van der Waals surface area contributed by atoms with E-state index in [1.807, 2.05) is 36.9 Å². The lowest BCUT2D eigenvalue weighted by atomic mass is 10.1. The average molecular weight is 448 g/mol. The number of amidine groups is 1. The van der Waals surface area contributed by atoms with Crippen LogP contribution in [-0.2, 0) is 14.6 Å². The molecule has 0 saturated carbocycles. The van der Waals surface area contributed by atoms with Gasteiger partial charge in [-0.1, -0.05) is 17.8 Å². The summed E-state index contributed by atoms with van der Waals surface area (Å²) >= 11 is 1.41. The highest BCUT2D eigenvalue weighted by atomic mass is 32.2. The Labute approximate surface area is 179 Å². The van der Waals surface area contributed by atoms with Crippen molar-refractivity contribution in [2.24, 2.45) is 4.99 Å². The van der Waals surface area contributed by atoms with Gasteiger partial charge in [-0.2, -0.15) is 0 Å². The van der Waals surface area contributed by atoms with Gasteiger partial charge >= 0.3 is 0 Å². The summed E-state index contributed by atoms with van der Waals surface area (Å²) < 4.78 is 36.9. The van der Waals surface area contributed by atoms with E-state index in [1.165, 1.54) is 36.0 Å². The van der Waals surface area contributed by atoms with Gasteiger partial charge in [0.25, 0.3) is 0 Å². The second kappa shape index (κ2) is 8.03. The molecule has 9 heteroatoms. The number of thioether (sulfide) groups is 1. The molecule has 1 saturated heterocycles. The van der Waals surface area contributed by atoms with E-state index in [4.69, 9.17) is 0 Å². The topological polar surface area (TPSA) is 78.8 Å². The van der Waals surface area contributed by atoms with Crippen molar-refractivity contribution in [3.8, 4) is 0 Å². The molecule has 0 aliphatic carbocycles. The van der Waals surface area contributed by atoms with Gasteiger partial charge in [0.05, 0.1) is 17.5 Å². The molecule has 2 aromatic rings. The molecule has 2 aliphatic rings. The molecule has 158 valence electrons. The van der Waals surface area contributed by atoms with Crippen LogP contribution in [0.15, 0.2) is 47.5 Å². The maximum absolute atomic E-state index is 13.1. The molecule has 0 bridgehead atoms. The average Bonchev–Trinajstić information content (AvgIpc) is 3.17. The largest absolute Gasteiger partial charge is 0.325 e. The normalized spacial score (nSPS) is 21.8. The zero-order chi connectivity index (χ0) is 21.5. The quantitative estimate of drug-likeness (QED) is 0.779. The number of aliphatic imine (C=N–C) groups is 1. The molecule has 4 rings (SSSR count). The van der Waals surface area contributed by atoms with Crippen molar-refractivity contribution in [2.75, 3.05) is 28.3 Å². The lowest BCUT2D eigenvalue weighted by Gasteiger charge is -2.25. The molecule has 0 unspecified atom stereocenters. The van der Waals surface area contributed by atoms with E-state index in [9.17, 15) is 17.6 Å². The van der Waals surface area contributed by atoms with Gasteiger partial charge < -0.3 is 10.2 Å². The number of nitrogens with one attached hydrogen (secondary N) is 1. The van der Waals surface area contributed by atoms with E-state index in [-0.39, 0.29) is 41.1 Å². The first-order valence-electron chi connectivity index (χ1n) is 9.55. The number of anilines is 2. The van der Waals surface area contributed by atoms with Gasteiger partial charge in [-0.25, -0.2) is 12.8 Å². The molecule has 2 aromatic carbocycles. The third kappa shape index (κ3) is 4.52. The first-order valence-corrected chi connectivity index (χ1v) is 12.3. The molecule has 6 nitrogen and oxygen atoms in total. The molecule has 2 heterocycles. The number of halogens is 1. The van der Waals surface area contributed by atoms with Gasteiger partial charge in [-0.15, -0.1) is 0 Å². The minimum Gasteiger partial charge on any atom is -0.325 e. The molecule has 1 N–H and O–H groups in total. The fourth-order valence-electron chi connectivity index (χ4n) is 3.51. The van der Waals surface area contributed by atoms with Gasteiger partial charge in [0.2, 0.25) is 5.91 Å². The zero-order valence-electron chi connectivity index (χ0n) is 16.6. The number of carbonyl (C=O) groups is 1. The van der Waals surface area contributed by atoms with E-state index >= 15 is 0 Å². The fraction of sp³-hybridized carbons (Fsp3) is 0.333. The molecule has 0 radical (unpaired) electrons. The number of sulfone groups is 1. The highest BCUT2D eigenvalue weighted by Crippen LogP contribution is 2.37. The van der Waals surface area contributed by atoms with Crippen molar-refractivity contribution in [3.05, 3.63) is 59.4 Å². The summed E-state index contributed by atoms with van der Waals surface area (Å²) in [6.07, 6.45) is 0. The van der Waals surface area contributed by atoms with Gasteiger partial charge in [0.1, 0.15) is 12.4 Å². The van der Waals surface area contributed by atoms with E-state index in [2.05, 4.69) is 10.3 Å². The Morgan fingerprint density at radius 1 is 1.17 bits per heavy atom. The van der Waals surface area contributed by atoms with Crippen LogP contribution in [0.4, 0.5) is 15.8 Å². The Morgan fingerprint density at radius 3 is 2.57 bits per heavy atom. The van der Waals surface area contributed by atoms with Crippen LogP contribution in [0, 0.1) is 19.7 Å². The number of hydrogen-bond acceptors (Lipinski definition) is 6. The molecule has 0 spiro atoms. The number of benzene rings is 2. The number of amides is 1. The fourth-order valence-corrected chi connectivity index (χ4v) is 7.29. The monoisotopic (exact) mass is 447 g/mol. The van der Waals surface area contributed by atoms with E-state index in [1.54, 1.807) is 0 Å². The molecule has 1 amide bonds. The predicted molar refractivity (Wildman–Crippen MR) is 120 cm³/mol. The molecule has 2 atom stereocenters. The van der Waals surface area contributed by atoms with Crippen LogP contribution in [0.25, 0.3) is 0 Å². The second-order valence-corrected chi connectivity index (χ2v) is 11.0. The van der Waals surface area contributed by atoms with E-state index in [0.29, 0.717) is 10.9 Å². The maximum Gasteiger partial charge on any atom is 0.244 e. The summed E-state index contributed by atoms with van der Waals surface area (Å²) in [4.78, 5) is 19.2. The number of hydrogen-bond donors (Lipinski definition) is 1. The Balaban J connectivity index is 1.58. The highest BCUT2D eigenvalue weighted by Gasteiger charge is 2.44. The van der Waals surface area contributed by atoms with Gasteiger partial charge in [-0.05, 0) is 61.4 Å². The van der Waals surface area contributed by atoms with Crippen LogP contribution >= 0.6 is 11.8 Å². The molecular formula is C21H22FN3O3S2. The first kappa shape index (κ1) is 20.9. The third-order valence-corrected chi connectivity index (χ3v) is 8.52. The second-order valence-electron chi connectivity index (χ2n) is 7.62. The van der Waals surface area contributed by atoms with Crippen molar-refractivity contribution in [1.29, 1.82) is 0 Å². The Hall–Kier alpha value is -2.39. The minimum atomic E-state index is -3.06. The van der Waals surface area contributed by atoms with Crippen LogP contribution < -0.4 is 10.2 Å². The number of fused-ring (bicyclic) bond motifs is 1. The highest BCUT2D eigenvalue weighted by molar-refractivity contribution is 8.15. The number of nitrogens with zero attached hydrogens (tertiary/aromatic N) is 2. The van der Waals surface area contributed by atoms with Crippen molar-refractivity contribution in [3.63, 3.8) is 0 Å². The number of carbonyl (C=O) groups excluding carboxylic acids is 1. The molecule has 30 heavy (non-hydrogen) atoms. The molecule has 2 aliphatic heterocycles. The third-order valence-electron chi connectivity index (χ3n) is 5.27. The minimum absolute atomic E-state index is 0.0118. The molecule has 1 fully saturated rings. The van der Waals surface area contributed by atoms with Gasteiger partial charge in [0, 0.05) is 16.6 Å². The van der Waals surface area contributed by atoms with Gasteiger partial charge in [-0.3, -0.25) is 9.79 Å². The van der Waals surface area contributed by atoms with Crippen LogP contribution in [0.3, 0.4) is 0 Å². The molecular weight excluding hydrogens is 425 g/mol. The smallest absolute Gasteiger partial charge is 0.244 e. The summed E-state index contributed by atoms with van der Waals surface area (Å²) in [5.41, 5.74) is 3.55. The van der Waals surface area contributed by atoms with Crippen molar-refractivity contribution < 1.29 is 17.6 Å². The summed E-state index contributed by atoms with van der Waals surface area (Å²) in [7, 11) is -3.06. The maximum atomic E-state index is 13.1. The van der Waals surface area contributed by atoms with Crippen LogP contribution in [-0.4, -0.2) is 48.8 Å². The number of rotatable bonds is 4. The summed E-state index contributed by atoms with van der Waals surface area (Å²) in [5.74, 6) is -0.482. The summed E-state index contributed by atoms with van der Waals surface area (Å²) in [5, 5.41) is 3.31. The Bertz CT molecular complexity index is 1120. The first-order chi connectivity index (χ1) is 14.2. The SMILES string of the molecule is Cc1ccc(N(CC(=O)Nc2ccc(F)cc2)C2=N[C@@H]3CS(=O)(=O)C[C@@H]3S2)cc1C. The standard InChI is InChI=1S/C21H22FN3O3S2/c1-13-3-8-17(9-14(13)2)25(10-20(26)23-16-6-4-15(22)5-7-16)21-24-18-11-30(27,28)12-19(18)29-21/h3-9,18-19H,10-12H2,1-2H3,(H,23,26)/t18-,19+/m1/s1. The number of aryl methyl sites for hydroxylation is 2. The van der Waals surface area contributed by atoms with Crippen LogP contribution in [0.5, 0.6) is 0 Å². The Morgan fingerprint density at radius 2 is 1.90 bits per heavy atom. The summed E-state index contributed by atoms with van der Waals surface area (Å²) in [6, 6.07) is 11.2. The van der Waals surface area contributed by atoms with Crippen molar-refractivity contribution >= 4 is 44.0 Å². The lowest BCUT2D eigenvalue weighted by molar-refractivity contribution is -0.114. The van der Waals surface area contributed by atoms with E-state index in [0.717, 1.165) is 16.8 Å². The van der Waals surface area contributed by atoms with Crippen molar-refractivity contribution in [1.82, 2.24) is 0 Å². The van der Waals surface area contributed by atoms with Crippen LogP contribution in [0.2, 0.25) is 0 Å². The van der Waals surface area contributed by atoms with Gasteiger partial charge in [0.15, 0.2) is 15.0 Å². The van der Waals surface area contributed by atoms with Crippen LogP contribution in [0.1, 0.15) is 11.1 Å². The Kier molecular flexibility index (Phi) is 5.59. The molecule has 0 aromatic heterocycles. The lowest BCUT2D eigenvalue weighted by Crippen LogP contribution is -2.36. The summed E-state index contributed by atoms with van der Waals surface area (Å²) in [6.45, 7) is 4.03.